The molecule has 0 saturated heterocycles. The monoisotopic (exact) mass is 255 g/mol. The van der Waals surface area contributed by atoms with Gasteiger partial charge in [0.25, 0.3) is 0 Å². The van der Waals surface area contributed by atoms with E-state index in [0.717, 1.165) is 18.4 Å². The zero-order chi connectivity index (χ0) is 13.4. The second-order valence-corrected chi connectivity index (χ2v) is 6.22. The summed E-state index contributed by atoms with van der Waals surface area (Å²) in [5.74, 6) is 1.82. The van der Waals surface area contributed by atoms with Crippen LogP contribution in [0.15, 0.2) is 0 Å². The molecule has 0 bridgehead atoms. The third-order valence-corrected chi connectivity index (χ3v) is 4.49. The normalized spacial score (nSPS) is 28.0. The molecule has 2 nitrogen and oxygen atoms in total. The van der Waals surface area contributed by atoms with Crippen LogP contribution in [0.5, 0.6) is 0 Å². The summed E-state index contributed by atoms with van der Waals surface area (Å²) in [6, 6.07) is 0.713. The third-order valence-electron chi connectivity index (χ3n) is 4.49. The summed E-state index contributed by atoms with van der Waals surface area (Å²) in [7, 11) is 1.82. The van der Waals surface area contributed by atoms with E-state index in [1.807, 2.05) is 7.11 Å². The van der Waals surface area contributed by atoms with Crippen LogP contribution in [0.3, 0.4) is 0 Å². The lowest BCUT2D eigenvalue weighted by molar-refractivity contribution is 0.0997. The van der Waals surface area contributed by atoms with Gasteiger partial charge in [-0.15, -0.1) is 0 Å². The Morgan fingerprint density at radius 2 is 2.06 bits per heavy atom. The lowest BCUT2D eigenvalue weighted by atomic mass is 9.77. The molecule has 1 saturated carbocycles. The summed E-state index contributed by atoms with van der Waals surface area (Å²) < 4.78 is 5.39. The minimum atomic E-state index is 0.400. The summed E-state index contributed by atoms with van der Waals surface area (Å²) in [6.07, 6.45) is 9.79. The Hall–Kier alpha value is -0.0800. The van der Waals surface area contributed by atoms with Crippen LogP contribution in [0.2, 0.25) is 0 Å². The molecule has 0 amide bonds. The first kappa shape index (κ1) is 16.0. The van der Waals surface area contributed by atoms with Gasteiger partial charge in [-0.05, 0) is 57.4 Å². The van der Waals surface area contributed by atoms with Crippen LogP contribution in [0, 0.1) is 11.8 Å². The number of methoxy groups -OCH3 is 1. The molecule has 4 atom stereocenters. The van der Waals surface area contributed by atoms with Gasteiger partial charge >= 0.3 is 0 Å². The van der Waals surface area contributed by atoms with Gasteiger partial charge in [0.15, 0.2) is 0 Å². The molecule has 0 radical (unpaired) electrons. The van der Waals surface area contributed by atoms with Crippen molar-refractivity contribution in [2.75, 3.05) is 13.7 Å². The van der Waals surface area contributed by atoms with Crippen LogP contribution < -0.4 is 5.32 Å². The number of rotatable bonds is 8. The second kappa shape index (κ2) is 8.92. The van der Waals surface area contributed by atoms with Crippen molar-refractivity contribution in [1.82, 2.24) is 5.32 Å². The van der Waals surface area contributed by atoms with E-state index in [2.05, 4.69) is 26.1 Å². The van der Waals surface area contributed by atoms with Gasteiger partial charge in [0, 0.05) is 13.2 Å². The van der Waals surface area contributed by atoms with Gasteiger partial charge in [0.2, 0.25) is 0 Å². The summed E-state index contributed by atoms with van der Waals surface area (Å²) in [6.45, 7) is 8.02. The fourth-order valence-electron chi connectivity index (χ4n) is 3.21. The molecule has 0 heterocycles. The molecule has 0 spiro atoms. The summed E-state index contributed by atoms with van der Waals surface area (Å²) in [4.78, 5) is 0. The molecule has 0 aromatic heterocycles. The molecule has 1 fully saturated rings. The number of nitrogens with one attached hydrogen (secondary N) is 1. The van der Waals surface area contributed by atoms with Gasteiger partial charge in [-0.1, -0.05) is 26.7 Å². The standard InChI is InChI=1S/C16H33NO/c1-5-11-17-16(10-9-14(3)18-4)15-8-6-7-13(2)12-15/h13-17H,5-12H2,1-4H3. The first-order chi connectivity index (χ1) is 8.67. The van der Waals surface area contributed by atoms with Crippen LogP contribution >= 0.6 is 0 Å². The lowest BCUT2D eigenvalue weighted by Gasteiger charge is -2.34. The van der Waals surface area contributed by atoms with E-state index in [4.69, 9.17) is 4.74 Å². The quantitative estimate of drug-likeness (QED) is 0.708. The van der Waals surface area contributed by atoms with E-state index in [-0.39, 0.29) is 0 Å². The molecule has 0 aliphatic heterocycles. The Morgan fingerprint density at radius 3 is 2.67 bits per heavy atom. The highest BCUT2D eigenvalue weighted by Gasteiger charge is 2.26. The highest BCUT2D eigenvalue weighted by atomic mass is 16.5. The highest BCUT2D eigenvalue weighted by molar-refractivity contribution is 4.82. The zero-order valence-electron chi connectivity index (χ0n) is 12.9. The molecule has 1 aliphatic carbocycles. The van der Waals surface area contributed by atoms with Gasteiger partial charge in [-0.2, -0.15) is 0 Å². The molecule has 0 aromatic carbocycles. The van der Waals surface area contributed by atoms with Crippen molar-refractivity contribution in [2.24, 2.45) is 11.8 Å². The van der Waals surface area contributed by atoms with Gasteiger partial charge in [-0.3, -0.25) is 0 Å². The third kappa shape index (κ3) is 5.71. The molecular weight excluding hydrogens is 222 g/mol. The maximum Gasteiger partial charge on any atom is 0.0543 e. The molecular formula is C16H33NO. The van der Waals surface area contributed by atoms with Crippen molar-refractivity contribution in [3.8, 4) is 0 Å². The highest BCUT2D eigenvalue weighted by Crippen LogP contribution is 2.32. The summed E-state index contributed by atoms with van der Waals surface area (Å²) in [5.41, 5.74) is 0. The Balaban J connectivity index is 2.42. The van der Waals surface area contributed by atoms with Gasteiger partial charge in [0.1, 0.15) is 0 Å². The van der Waals surface area contributed by atoms with Crippen molar-refractivity contribution in [3.63, 3.8) is 0 Å². The molecule has 1 rings (SSSR count). The maximum absolute atomic E-state index is 5.39. The van der Waals surface area contributed by atoms with Crippen LogP contribution in [0.4, 0.5) is 0 Å². The Bertz CT molecular complexity index is 207. The zero-order valence-corrected chi connectivity index (χ0v) is 12.9. The van der Waals surface area contributed by atoms with Crippen molar-refractivity contribution in [1.29, 1.82) is 0 Å². The number of ether oxygens (including phenoxy) is 1. The largest absolute Gasteiger partial charge is 0.382 e. The predicted octanol–water partition coefficient (Wildman–Crippen LogP) is 4.00. The van der Waals surface area contributed by atoms with E-state index >= 15 is 0 Å². The van der Waals surface area contributed by atoms with Crippen LogP contribution in [0.1, 0.15) is 65.7 Å². The first-order valence-corrected chi connectivity index (χ1v) is 7.93. The summed E-state index contributed by atoms with van der Waals surface area (Å²) in [5, 5.41) is 3.78. The van der Waals surface area contributed by atoms with Crippen LogP contribution in [0.25, 0.3) is 0 Å². The van der Waals surface area contributed by atoms with Crippen LogP contribution in [-0.4, -0.2) is 25.8 Å². The lowest BCUT2D eigenvalue weighted by Crippen LogP contribution is -2.39. The molecule has 4 unspecified atom stereocenters. The van der Waals surface area contributed by atoms with Gasteiger partial charge in [-0.25, -0.2) is 0 Å². The molecule has 2 heteroatoms. The maximum atomic E-state index is 5.39. The van der Waals surface area contributed by atoms with E-state index in [9.17, 15) is 0 Å². The van der Waals surface area contributed by atoms with Gasteiger partial charge in [0.05, 0.1) is 6.10 Å². The Labute approximate surface area is 114 Å². The minimum absolute atomic E-state index is 0.400. The molecule has 1 aliphatic rings. The fourth-order valence-corrected chi connectivity index (χ4v) is 3.21. The SMILES string of the molecule is CCCNC(CCC(C)OC)C1CCCC(C)C1. The van der Waals surface area contributed by atoms with E-state index in [0.29, 0.717) is 12.1 Å². The van der Waals surface area contributed by atoms with Crippen molar-refractivity contribution in [2.45, 2.75) is 77.9 Å². The van der Waals surface area contributed by atoms with Crippen molar-refractivity contribution in [3.05, 3.63) is 0 Å². The molecule has 1 N–H and O–H groups in total. The van der Waals surface area contributed by atoms with Gasteiger partial charge < -0.3 is 10.1 Å². The topological polar surface area (TPSA) is 21.3 Å². The fraction of sp³-hybridized carbons (Fsp3) is 1.00. The number of hydrogen-bond acceptors (Lipinski definition) is 2. The smallest absolute Gasteiger partial charge is 0.0543 e. The predicted molar refractivity (Wildman–Crippen MR) is 78.9 cm³/mol. The average molecular weight is 255 g/mol. The molecule has 0 aromatic rings. The second-order valence-electron chi connectivity index (χ2n) is 6.22. The minimum Gasteiger partial charge on any atom is -0.382 e. The van der Waals surface area contributed by atoms with Crippen molar-refractivity contribution >= 4 is 0 Å². The Kier molecular flexibility index (Phi) is 7.92. The molecule has 18 heavy (non-hydrogen) atoms. The molecule has 108 valence electrons. The van der Waals surface area contributed by atoms with E-state index in [1.165, 1.54) is 44.9 Å². The van der Waals surface area contributed by atoms with Crippen LogP contribution in [-0.2, 0) is 4.74 Å². The average Bonchev–Trinajstić information content (AvgIpc) is 2.38. The Morgan fingerprint density at radius 1 is 1.28 bits per heavy atom. The van der Waals surface area contributed by atoms with E-state index in [1.54, 1.807) is 0 Å². The number of hydrogen-bond donors (Lipinski definition) is 1. The van der Waals surface area contributed by atoms with E-state index < -0.39 is 0 Å². The summed E-state index contributed by atoms with van der Waals surface area (Å²) >= 11 is 0. The van der Waals surface area contributed by atoms with Crippen molar-refractivity contribution < 1.29 is 4.74 Å². The first-order valence-electron chi connectivity index (χ1n) is 7.93.